The summed E-state index contributed by atoms with van der Waals surface area (Å²) >= 11 is 11.7. The average molecular weight is 271 g/mol. The molecule has 0 radical (unpaired) electrons. The van der Waals surface area contributed by atoms with Gasteiger partial charge in [-0.2, -0.15) is 0 Å². The third-order valence-electron chi connectivity index (χ3n) is 2.56. The van der Waals surface area contributed by atoms with Crippen LogP contribution in [0.25, 0.3) is 0 Å². The van der Waals surface area contributed by atoms with Crippen LogP contribution in [0.2, 0.25) is 10.0 Å². The zero-order chi connectivity index (χ0) is 12.3. The SMILES string of the molecule is O=C(Cc1ccc(Cl)c(Cl)c1)C1=CCCCO1. The highest BCUT2D eigenvalue weighted by atomic mass is 35.5. The number of carbonyl (C=O) groups excluding carboxylic acids is 1. The molecule has 0 bridgehead atoms. The molecular formula is C13H12Cl2O2. The van der Waals surface area contributed by atoms with Crippen LogP contribution in [0.4, 0.5) is 0 Å². The molecule has 0 N–H and O–H groups in total. The number of carbonyl (C=O) groups is 1. The molecule has 0 spiro atoms. The van der Waals surface area contributed by atoms with Gasteiger partial charge in [0.2, 0.25) is 5.78 Å². The Balaban J connectivity index is 2.07. The molecule has 0 saturated carbocycles. The van der Waals surface area contributed by atoms with Crippen LogP contribution in [0.3, 0.4) is 0 Å². The molecule has 90 valence electrons. The summed E-state index contributed by atoms with van der Waals surface area (Å²) in [6, 6.07) is 5.21. The quantitative estimate of drug-likeness (QED) is 0.835. The summed E-state index contributed by atoms with van der Waals surface area (Å²) in [5, 5.41) is 0.964. The monoisotopic (exact) mass is 270 g/mol. The van der Waals surface area contributed by atoms with Gasteiger partial charge in [-0.15, -0.1) is 0 Å². The van der Waals surface area contributed by atoms with Crippen molar-refractivity contribution < 1.29 is 9.53 Å². The van der Waals surface area contributed by atoms with Gasteiger partial charge in [-0.3, -0.25) is 4.79 Å². The maximum absolute atomic E-state index is 11.9. The minimum absolute atomic E-state index is 0.0110. The predicted molar refractivity (Wildman–Crippen MR) is 68.4 cm³/mol. The van der Waals surface area contributed by atoms with Crippen molar-refractivity contribution in [1.29, 1.82) is 0 Å². The third kappa shape index (κ3) is 3.24. The van der Waals surface area contributed by atoms with Gasteiger partial charge in [0, 0.05) is 6.42 Å². The highest BCUT2D eigenvalue weighted by molar-refractivity contribution is 6.42. The van der Waals surface area contributed by atoms with E-state index in [0.717, 1.165) is 18.4 Å². The smallest absolute Gasteiger partial charge is 0.201 e. The minimum Gasteiger partial charge on any atom is -0.490 e. The van der Waals surface area contributed by atoms with E-state index in [1.165, 1.54) is 0 Å². The van der Waals surface area contributed by atoms with Crippen LogP contribution in [0, 0.1) is 0 Å². The molecule has 0 saturated heterocycles. The van der Waals surface area contributed by atoms with Gasteiger partial charge in [-0.05, 0) is 36.6 Å². The van der Waals surface area contributed by atoms with Crippen LogP contribution in [-0.2, 0) is 16.0 Å². The van der Waals surface area contributed by atoms with Crippen LogP contribution in [-0.4, -0.2) is 12.4 Å². The highest BCUT2D eigenvalue weighted by Crippen LogP contribution is 2.23. The summed E-state index contributed by atoms with van der Waals surface area (Å²) in [5.74, 6) is 0.463. The van der Waals surface area contributed by atoms with Crippen molar-refractivity contribution in [2.45, 2.75) is 19.3 Å². The third-order valence-corrected chi connectivity index (χ3v) is 3.30. The van der Waals surface area contributed by atoms with Crippen molar-refractivity contribution in [3.05, 3.63) is 45.6 Å². The summed E-state index contributed by atoms with van der Waals surface area (Å²) in [7, 11) is 0. The number of benzene rings is 1. The van der Waals surface area contributed by atoms with E-state index >= 15 is 0 Å². The Kier molecular flexibility index (Phi) is 4.08. The predicted octanol–water partition coefficient (Wildman–Crippen LogP) is 3.80. The largest absolute Gasteiger partial charge is 0.490 e. The normalized spacial score (nSPS) is 15.1. The van der Waals surface area contributed by atoms with E-state index in [1.807, 2.05) is 6.08 Å². The molecule has 0 atom stereocenters. The van der Waals surface area contributed by atoms with Crippen LogP contribution in [0.1, 0.15) is 18.4 Å². The molecule has 0 fully saturated rings. The maximum Gasteiger partial charge on any atom is 0.201 e. The summed E-state index contributed by atoms with van der Waals surface area (Å²) < 4.78 is 5.32. The van der Waals surface area contributed by atoms with Crippen molar-refractivity contribution in [2.24, 2.45) is 0 Å². The molecule has 0 unspecified atom stereocenters. The Hall–Kier alpha value is -0.990. The van der Waals surface area contributed by atoms with Crippen molar-refractivity contribution in [3.63, 3.8) is 0 Å². The standard InChI is InChI=1S/C13H12Cl2O2/c14-10-5-4-9(7-11(10)15)8-12(16)13-3-1-2-6-17-13/h3-5,7H,1-2,6,8H2. The lowest BCUT2D eigenvalue weighted by atomic mass is 10.1. The number of halogens is 2. The average Bonchev–Trinajstić information content (AvgIpc) is 2.35. The molecule has 1 aliphatic rings. The first-order valence-corrected chi connectivity index (χ1v) is 6.22. The van der Waals surface area contributed by atoms with E-state index in [1.54, 1.807) is 18.2 Å². The van der Waals surface area contributed by atoms with Crippen molar-refractivity contribution >= 4 is 29.0 Å². The van der Waals surface area contributed by atoms with E-state index in [2.05, 4.69) is 0 Å². The molecular weight excluding hydrogens is 259 g/mol. The number of hydrogen-bond acceptors (Lipinski definition) is 2. The first-order chi connectivity index (χ1) is 8.16. The van der Waals surface area contributed by atoms with Crippen LogP contribution < -0.4 is 0 Å². The van der Waals surface area contributed by atoms with Gasteiger partial charge < -0.3 is 4.74 Å². The second kappa shape index (κ2) is 5.56. The Morgan fingerprint density at radius 3 is 2.76 bits per heavy atom. The van der Waals surface area contributed by atoms with Gasteiger partial charge in [-0.1, -0.05) is 29.3 Å². The van der Waals surface area contributed by atoms with Crippen molar-refractivity contribution in [2.75, 3.05) is 6.61 Å². The van der Waals surface area contributed by atoms with Gasteiger partial charge in [-0.25, -0.2) is 0 Å². The molecule has 2 nitrogen and oxygen atoms in total. The maximum atomic E-state index is 11.9. The molecule has 4 heteroatoms. The summed E-state index contributed by atoms with van der Waals surface area (Å²) in [6.45, 7) is 0.624. The molecule has 1 aromatic carbocycles. The van der Waals surface area contributed by atoms with Crippen molar-refractivity contribution in [3.8, 4) is 0 Å². The number of ketones is 1. The Morgan fingerprint density at radius 1 is 1.29 bits per heavy atom. The number of Topliss-reactive ketones (excluding diaryl/α,β-unsaturated/α-hetero) is 1. The summed E-state index contributed by atoms with van der Waals surface area (Å²) in [5.41, 5.74) is 0.847. The van der Waals surface area contributed by atoms with E-state index in [-0.39, 0.29) is 5.78 Å². The van der Waals surface area contributed by atoms with Gasteiger partial charge in [0.05, 0.1) is 16.7 Å². The first kappa shape index (κ1) is 12.5. The van der Waals surface area contributed by atoms with Crippen LogP contribution in [0.15, 0.2) is 30.0 Å². The number of allylic oxidation sites excluding steroid dienone is 2. The second-order valence-corrected chi connectivity index (χ2v) is 4.72. The first-order valence-electron chi connectivity index (χ1n) is 5.47. The van der Waals surface area contributed by atoms with Gasteiger partial charge in [0.1, 0.15) is 0 Å². The minimum atomic E-state index is -0.0110. The number of ether oxygens (including phenoxy) is 1. The summed E-state index contributed by atoms with van der Waals surface area (Å²) in [6.07, 6.45) is 4.03. The lowest BCUT2D eigenvalue weighted by Gasteiger charge is -2.13. The van der Waals surface area contributed by atoms with E-state index in [0.29, 0.717) is 28.8 Å². The molecule has 17 heavy (non-hydrogen) atoms. The molecule has 0 aliphatic carbocycles. The zero-order valence-electron chi connectivity index (χ0n) is 9.21. The van der Waals surface area contributed by atoms with Gasteiger partial charge in [0.25, 0.3) is 0 Å². The molecule has 2 rings (SSSR count). The molecule has 1 heterocycles. The van der Waals surface area contributed by atoms with Gasteiger partial charge in [0.15, 0.2) is 5.76 Å². The lowest BCUT2D eigenvalue weighted by molar-refractivity contribution is -0.118. The molecule has 0 amide bonds. The fourth-order valence-corrected chi connectivity index (χ4v) is 1.99. The van der Waals surface area contributed by atoms with Crippen LogP contribution >= 0.6 is 23.2 Å². The molecule has 1 aromatic rings. The highest BCUT2D eigenvalue weighted by Gasteiger charge is 2.14. The van der Waals surface area contributed by atoms with Crippen molar-refractivity contribution in [1.82, 2.24) is 0 Å². The number of rotatable bonds is 3. The fourth-order valence-electron chi connectivity index (χ4n) is 1.67. The Morgan fingerprint density at radius 2 is 2.12 bits per heavy atom. The molecule has 1 aliphatic heterocycles. The molecule has 0 aromatic heterocycles. The van der Waals surface area contributed by atoms with Crippen LogP contribution in [0.5, 0.6) is 0 Å². The summed E-state index contributed by atoms with van der Waals surface area (Å²) in [4.78, 5) is 11.9. The Bertz CT molecular complexity index is 466. The van der Waals surface area contributed by atoms with E-state index in [4.69, 9.17) is 27.9 Å². The lowest BCUT2D eigenvalue weighted by Crippen LogP contribution is -2.13. The number of hydrogen-bond donors (Lipinski definition) is 0. The van der Waals surface area contributed by atoms with E-state index < -0.39 is 0 Å². The fraction of sp³-hybridized carbons (Fsp3) is 0.308. The van der Waals surface area contributed by atoms with E-state index in [9.17, 15) is 4.79 Å². The zero-order valence-corrected chi connectivity index (χ0v) is 10.7. The Labute approximate surface area is 110 Å². The second-order valence-electron chi connectivity index (χ2n) is 3.91. The van der Waals surface area contributed by atoms with Gasteiger partial charge >= 0.3 is 0 Å². The topological polar surface area (TPSA) is 26.3 Å².